The van der Waals surface area contributed by atoms with Gasteiger partial charge in [-0.15, -0.1) is 34.5 Å². The molecule has 0 amide bonds. The van der Waals surface area contributed by atoms with Crippen LogP contribution < -0.4 is 0 Å². The molecule has 0 N–H and O–H groups in total. The molecule has 4 rings (SSSR count). The molecule has 0 nitrogen and oxygen atoms in total. The van der Waals surface area contributed by atoms with Crippen LogP contribution in [-0.2, 0) is 32.3 Å². The Hall–Kier alpha value is -1.60. The first-order valence-corrected chi connectivity index (χ1v) is 8.03. The molecule has 0 aromatic heterocycles. The Morgan fingerprint density at radius 1 is 0.826 bits per heavy atom. The predicted octanol–water partition coefficient (Wildman–Crippen LogP) is 6.33. The van der Waals surface area contributed by atoms with Gasteiger partial charge in [-0.3, -0.25) is 0 Å². The Balaban J connectivity index is 0.00000156. The molecule has 0 fully saturated rings. The monoisotopic (exact) mass is 463 g/mol. The zero-order valence-electron chi connectivity index (χ0n) is 13.3. The van der Waals surface area contributed by atoms with Crippen molar-refractivity contribution in [2.24, 2.45) is 0 Å². The van der Waals surface area contributed by atoms with E-state index < -0.39 is 0 Å². The molecule has 4 aromatic rings. The maximum absolute atomic E-state index is 2.30. The Kier molecular flexibility index (Phi) is 4.87. The quantitative estimate of drug-likeness (QED) is 0.247. The third-order valence-electron chi connectivity index (χ3n) is 4.46. The van der Waals surface area contributed by atoms with Crippen LogP contribution in [0.25, 0.3) is 32.7 Å². The second kappa shape index (κ2) is 6.88. The minimum Gasteiger partial charge on any atom is -0.145 e. The van der Waals surface area contributed by atoms with Crippen LogP contribution in [0.2, 0.25) is 0 Å². The fourth-order valence-electron chi connectivity index (χ4n) is 3.41. The standard InChI is InChI=1S/C22H19.Hf/c1-2-7-16-12-13-21(22-11-6-5-10-20(16)22)19-14-17-8-3-4-9-18(17)15-19;/h3-6,8-15H,2,7H2,1H3;/q-1;. The summed E-state index contributed by atoms with van der Waals surface area (Å²) in [7, 11) is 0. The predicted molar refractivity (Wildman–Crippen MR) is 96.5 cm³/mol. The van der Waals surface area contributed by atoms with Crippen LogP contribution >= 0.6 is 0 Å². The molecule has 1 heteroatoms. The molecule has 23 heavy (non-hydrogen) atoms. The van der Waals surface area contributed by atoms with Gasteiger partial charge in [0.1, 0.15) is 0 Å². The van der Waals surface area contributed by atoms with Crippen LogP contribution in [0.5, 0.6) is 0 Å². The smallest absolute Gasteiger partial charge is 0 e. The molecule has 0 unspecified atom stereocenters. The summed E-state index contributed by atoms with van der Waals surface area (Å²) in [6.07, 6.45) is 2.33. The van der Waals surface area contributed by atoms with Crippen LogP contribution in [0.4, 0.5) is 0 Å². The summed E-state index contributed by atoms with van der Waals surface area (Å²) < 4.78 is 0. The number of hydrogen-bond acceptors (Lipinski definition) is 0. The van der Waals surface area contributed by atoms with Gasteiger partial charge in [-0.2, -0.15) is 0 Å². The zero-order valence-corrected chi connectivity index (χ0v) is 16.9. The van der Waals surface area contributed by atoms with E-state index in [-0.39, 0.29) is 25.8 Å². The Morgan fingerprint density at radius 3 is 2.35 bits per heavy atom. The van der Waals surface area contributed by atoms with Crippen molar-refractivity contribution in [2.75, 3.05) is 0 Å². The van der Waals surface area contributed by atoms with Gasteiger partial charge in [-0.05, 0) is 22.8 Å². The van der Waals surface area contributed by atoms with Crippen molar-refractivity contribution in [1.29, 1.82) is 0 Å². The summed E-state index contributed by atoms with van der Waals surface area (Å²) in [6.45, 7) is 2.24. The summed E-state index contributed by atoms with van der Waals surface area (Å²) in [5.74, 6) is 0. The molecule has 0 saturated heterocycles. The van der Waals surface area contributed by atoms with Gasteiger partial charge >= 0.3 is 0 Å². The molecule has 0 saturated carbocycles. The minimum absolute atomic E-state index is 0. The SMILES string of the molecule is CCCc1ccc(-c2cc3ccccc3[cH-]2)c2ccccc12.[Hf]. The first-order chi connectivity index (χ1) is 10.9. The summed E-state index contributed by atoms with van der Waals surface area (Å²) >= 11 is 0. The van der Waals surface area contributed by atoms with Crippen molar-refractivity contribution < 1.29 is 25.8 Å². The van der Waals surface area contributed by atoms with E-state index in [1.54, 1.807) is 0 Å². The number of hydrogen-bond donors (Lipinski definition) is 0. The maximum atomic E-state index is 2.30. The number of rotatable bonds is 3. The average Bonchev–Trinajstić information content (AvgIpc) is 2.99. The molecule has 112 valence electrons. The molecule has 0 heterocycles. The molecular formula is C22H19Hf-. The van der Waals surface area contributed by atoms with E-state index in [0.29, 0.717) is 0 Å². The van der Waals surface area contributed by atoms with E-state index in [0.717, 1.165) is 6.42 Å². The van der Waals surface area contributed by atoms with E-state index in [4.69, 9.17) is 0 Å². The first kappa shape index (κ1) is 16.3. The number of fused-ring (bicyclic) bond motifs is 2. The average molecular weight is 462 g/mol. The van der Waals surface area contributed by atoms with Crippen molar-refractivity contribution in [3.63, 3.8) is 0 Å². The Bertz CT molecular complexity index is 913. The Labute approximate surface area is 156 Å². The maximum Gasteiger partial charge on any atom is 0 e. The second-order valence-corrected chi connectivity index (χ2v) is 5.94. The van der Waals surface area contributed by atoms with Gasteiger partial charge in [0, 0.05) is 25.8 Å². The van der Waals surface area contributed by atoms with Gasteiger partial charge in [0.15, 0.2) is 0 Å². The molecule has 4 aromatic carbocycles. The van der Waals surface area contributed by atoms with E-state index >= 15 is 0 Å². The van der Waals surface area contributed by atoms with Crippen molar-refractivity contribution >= 4 is 21.5 Å². The van der Waals surface area contributed by atoms with Crippen LogP contribution in [0, 0.1) is 0 Å². The molecule has 0 atom stereocenters. The third kappa shape index (κ3) is 2.95. The van der Waals surface area contributed by atoms with E-state index in [9.17, 15) is 0 Å². The summed E-state index contributed by atoms with van der Waals surface area (Å²) in [4.78, 5) is 0. The fraction of sp³-hybridized carbons (Fsp3) is 0.136. The fourth-order valence-corrected chi connectivity index (χ4v) is 3.41. The van der Waals surface area contributed by atoms with E-state index in [1.807, 2.05) is 0 Å². The van der Waals surface area contributed by atoms with Crippen LogP contribution in [0.15, 0.2) is 72.8 Å². The van der Waals surface area contributed by atoms with Gasteiger partial charge in [-0.1, -0.05) is 73.5 Å². The molecule has 0 bridgehead atoms. The van der Waals surface area contributed by atoms with Crippen molar-refractivity contribution in [2.45, 2.75) is 19.8 Å². The van der Waals surface area contributed by atoms with Crippen molar-refractivity contribution in [3.05, 3.63) is 78.4 Å². The normalized spacial score (nSPS) is 10.8. The van der Waals surface area contributed by atoms with Gasteiger partial charge in [-0.25, -0.2) is 0 Å². The molecular weight excluding hydrogens is 443 g/mol. The van der Waals surface area contributed by atoms with Crippen LogP contribution in [0.1, 0.15) is 18.9 Å². The van der Waals surface area contributed by atoms with Gasteiger partial charge in [0.25, 0.3) is 0 Å². The van der Waals surface area contributed by atoms with Gasteiger partial charge in [0.2, 0.25) is 0 Å². The minimum atomic E-state index is 0. The van der Waals surface area contributed by atoms with Crippen LogP contribution in [-0.4, -0.2) is 0 Å². The number of benzene rings is 3. The molecule has 0 aliphatic rings. The molecule has 0 aliphatic carbocycles. The number of aryl methyl sites for hydroxylation is 1. The van der Waals surface area contributed by atoms with Crippen molar-refractivity contribution in [1.82, 2.24) is 0 Å². The van der Waals surface area contributed by atoms with Gasteiger partial charge in [0.05, 0.1) is 0 Å². The summed E-state index contributed by atoms with van der Waals surface area (Å²) in [5, 5.41) is 5.40. The first-order valence-electron chi connectivity index (χ1n) is 8.03. The summed E-state index contributed by atoms with van der Waals surface area (Å²) in [5.41, 5.74) is 4.12. The molecule has 0 radical (unpaired) electrons. The van der Waals surface area contributed by atoms with Crippen molar-refractivity contribution in [3.8, 4) is 11.1 Å². The molecule has 0 spiro atoms. The second-order valence-electron chi connectivity index (χ2n) is 5.94. The Morgan fingerprint density at radius 2 is 1.57 bits per heavy atom. The van der Waals surface area contributed by atoms with E-state index in [1.165, 1.54) is 44.7 Å². The third-order valence-corrected chi connectivity index (χ3v) is 4.46. The summed E-state index contributed by atoms with van der Waals surface area (Å²) in [6, 6.07) is 26.6. The zero-order chi connectivity index (χ0) is 14.9. The van der Waals surface area contributed by atoms with Gasteiger partial charge < -0.3 is 0 Å². The largest absolute Gasteiger partial charge is 0.145 e. The molecule has 0 aliphatic heterocycles. The van der Waals surface area contributed by atoms with E-state index in [2.05, 4.69) is 79.7 Å². The topological polar surface area (TPSA) is 0 Å². The van der Waals surface area contributed by atoms with Crippen LogP contribution in [0.3, 0.4) is 0 Å².